The molecule has 0 unspecified atom stereocenters. The number of para-hydroxylation sites is 1. The monoisotopic (exact) mass is 353 g/mol. The zero-order chi connectivity index (χ0) is 18.2. The van der Waals surface area contributed by atoms with Crippen molar-refractivity contribution in [2.75, 3.05) is 44.2 Å². The van der Waals surface area contributed by atoms with E-state index in [0.717, 1.165) is 32.7 Å². The summed E-state index contributed by atoms with van der Waals surface area (Å²) in [6.45, 7) is 5.36. The molecule has 0 aliphatic carbocycles. The number of nitrogens with one attached hydrogen (secondary N) is 1. The molecule has 1 amide bonds. The first-order chi connectivity index (χ1) is 12.7. The van der Waals surface area contributed by atoms with Gasteiger partial charge in [0.2, 0.25) is 5.91 Å². The van der Waals surface area contributed by atoms with Crippen LogP contribution in [-0.2, 0) is 4.79 Å². The fourth-order valence-corrected chi connectivity index (χ4v) is 3.04. The second-order valence-corrected chi connectivity index (χ2v) is 6.31. The molecule has 26 heavy (non-hydrogen) atoms. The number of hydrogen-bond acceptors (Lipinski definition) is 3. The Balaban J connectivity index is 1.36. The fraction of sp³-hybridized carbons (Fsp3) is 0.286. The molecule has 1 N–H and O–H groups in total. The molecule has 0 spiro atoms. The van der Waals surface area contributed by atoms with Gasteiger partial charge in [-0.05, 0) is 24.3 Å². The predicted octanol–water partition coefficient (Wildman–Crippen LogP) is 2.78. The zero-order valence-electron chi connectivity index (χ0n) is 14.8. The minimum atomic E-state index is -0.326. The Morgan fingerprint density at radius 3 is 2.42 bits per heavy atom. The van der Waals surface area contributed by atoms with Gasteiger partial charge in [-0.15, -0.1) is 0 Å². The van der Waals surface area contributed by atoms with Crippen LogP contribution in [0, 0.1) is 5.82 Å². The van der Waals surface area contributed by atoms with Gasteiger partial charge in [0.05, 0.1) is 0 Å². The summed E-state index contributed by atoms with van der Waals surface area (Å²) in [7, 11) is 0. The van der Waals surface area contributed by atoms with E-state index in [1.54, 1.807) is 18.2 Å². The second-order valence-electron chi connectivity index (χ2n) is 6.31. The first-order valence-electron chi connectivity index (χ1n) is 8.95. The van der Waals surface area contributed by atoms with E-state index in [2.05, 4.69) is 39.4 Å². The quantitative estimate of drug-likeness (QED) is 0.811. The van der Waals surface area contributed by atoms with Crippen molar-refractivity contribution < 1.29 is 9.18 Å². The summed E-state index contributed by atoms with van der Waals surface area (Å²) in [6.07, 6.45) is 2.88. The van der Waals surface area contributed by atoms with Crippen LogP contribution < -0.4 is 10.2 Å². The first kappa shape index (κ1) is 18.1. The molecule has 5 heteroatoms. The first-order valence-corrected chi connectivity index (χ1v) is 8.95. The Labute approximate surface area is 153 Å². The molecule has 3 rings (SSSR count). The summed E-state index contributed by atoms with van der Waals surface area (Å²) >= 11 is 0. The van der Waals surface area contributed by atoms with E-state index in [0.29, 0.717) is 12.1 Å². The van der Waals surface area contributed by atoms with E-state index in [-0.39, 0.29) is 11.7 Å². The molecular formula is C21H24FN3O. The van der Waals surface area contributed by atoms with Gasteiger partial charge >= 0.3 is 0 Å². The molecule has 0 radical (unpaired) electrons. The summed E-state index contributed by atoms with van der Waals surface area (Å²) < 4.78 is 13.5. The van der Waals surface area contributed by atoms with Crippen LogP contribution >= 0.6 is 0 Å². The number of anilines is 1. The molecule has 136 valence electrons. The van der Waals surface area contributed by atoms with Gasteiger partial charge in [-0.3, -0.25) is 9.69 Å². The molecule has 1 aliphatic heterocycles. The van der Waals surface area contributed by atoms with Crippen LogP contribution in [-0.4, -0.2) is 50.1 Å². The average molecular weight is 353 g/mol. The number of carbonyl (C=O) groups excluding carboxylic acids is 1. The van der Waals surface area contributed by atoms with E-state index in [1.165, 1.54) is 23.9 Å². The van der Waals surface area contributed by atoms with E-state index in [4.69, 9.17) is 0 Å². The third-order valence-corrected chi connectivity index (χ3v) is 4.54. The number of hydrogen-bond donors (Lipinski definition) is 1. The zero-order valence-corrected chi connectivity index (χ0v) is 14.8. The molecule has 0 aromatic heterocycles. The highest BCUT2D eigenvalue weighted by molar-refractivity contribution is 5.91. The van der Waals surface area contributed by atoms with Gasteiger partial charge in [0, 0.05) is 56.6 Å². The maximum Gasteiger partial charge on any atom is 0.244 e. The highest BCUT2D eigenvalue weighted by Crippen LogP contribution is 2.15. The van der Waals surface area contributed by atoms with Gasteiger partial charge in [0.15, 0.2) is 0 Å². The van der Waals surface area contributed by atoms with Crippen molar-refractivity contribution in [2.24, 2.45) is 0 Å². The van der Waals surface area contributed by atoms with Crippen molar-refractivity contribution in [3.05, 3.63) is 72.1 Å². The minimum absolute atomic E-state index is 0.198. The average Bonchev–Trinajstić information content (AvgIpc) is 2.69. The van der Waals surface area contributed by atoms with Crippen molar-refractivity contribution in [1.29, 1.82) is 0 Å². The van der Waals surface area contributed by atoms with Crippen molar-refractivity contribution >= 4 is 17.7 Å². The summed E-state index contributed by atoms with van der Waals surface area (Å²) in [5.41, 5.74) is 1.68. The second kappa shape index (κ2) is 9.15. The smallest absolute Gasteiger partial charge is 0.244 e. The number of nitrogens with zero attached hydrogens (tertiary/aromatic N) is 2. The van der Waals surface area contributed by atoms with Gasteiger partial charge in [-0.1, -0.05) is 36.4 Å². The van der Waals surface area contributed by atoms with Crippen molar-refractivity contribution in [2.45, 2.75) is 0 Å². The van der Waals surface area contributed by atoms with Crippen molar-refractivity contribution in [1.82, 2.24) is 10.2 Å². The minimum Gasteiger partial charge on any atom is -0.369 e. The molecule has 4 nitrogen and oxygen atoms in total. The van der Waals surface area contributed by atoms with Crippen LogP contribution in [0.25, 0.3) is 6.08 Å². The maximum absolute atomic E-state index is 13.5. The Hall–Kier alpha value is -2.66. The van der Waals surface area contributed by atoms with Gasteiger partial charge in [0.25, 0.3) is 0 Å². The molecule has 1 fully saturated rings. The van der Waals surface area contributed by atoms with Crippen LogP contribution in [0.5, 0.6) is 0 Å². The van der Waals surface area contributed by atoms with Crippen molar-refractivity contribution in [3.63, 3.8) is 0 Å². The summed E-state index contributed by atoms with van der Waals surface area (Å²) in [6, 6.07) is 16.8. The van der Waals surface area contributed by atoms with Gasteiger partial charge in [0.1, 0.15) is 5.82 Å². The molecule has 1 saturated heterocycles. The molecule has 2 aromatic rings. The van der Waals surface area contributed by atoms with E-state index < -0.39 is 0 Å². The number of rotatable bonds is 6. The molecule has 2 aromatic carbocycles. The SMILES string of the molecule is O=C(/C=C/c1ccccc1F)NCCN1CCN(c2ccccc2)CC1. The van der Waals surface area contributed by atoms with Crippen LogP contribution in [0.2, 0.25) is 0 Å². The van der Waals surface area contributed by atoms with Crippen molar-refractivity contribution in [3.8, 4) is 0 Å². The number of carbonyl (C=O) groups is 1. The highest BCUT2D eigenvalue weighted by atomic mass is 19.1. The molecule has 1 heterocycles. The summed E-state index contributed by atoms with van der Waals surface area (Å²) in [5, 5.41) is 2.86. The normalized spacial score (nSPS) is 15.3. The summed E-state index contributed by atoms with van der Waals surface area (Å²) in [5.74, 6) is -0.524. The number of benzene rings is 2. The van der Waals surface area contributed by atoms with E-state index in [1.807, 2.05) is 6.07 Å². The molecule has 0 bridgehead atoms. The number of piperazine rings is 1. The topological polar surface area (TPSA) is 35.6 Å². The van der Waals surface area contributed by atoms with Gasteiger partial charge in [-0.25, -0.2) is 4.39 Å². The van der Waals surface area contributed by atoms with Gasteiger partial charge in [-0.2, -0.15) is 0 Å². The maximum atomic E-state index is 13.5. The third-order valence-electron chi connectivity index (χ3n) is 4.54. The largest absolute Gasteiger partial charge is 0.369 e. The Morgan fingerprint density at radius 2 is 1.69 bits per heavy atom. The van der Waals surface area contributed by atoms with Crippen LogP contribution in [0.4, 0.5) is 10.1 Å². The van der Waals surface area contributed by atoms with E-state index >= 15 is 0 Å². The lowest BCUT2D eigenvalue weighted by atomic mass is 10.2. The summed E-state index contributed by atoms with van der Waals surface area (Å²) in [4.78, 5) is 16.6. The molecule has 0 saturated carbocycles. The van der Waals surface area contributed by atoms with Crippen LogP contribution in [0.15, 0.2) is 60.7 Å². The lowest BCUT2D eigenvalue weighted by molar-refractivity contribution is -0.116. The standard InChI is InChI=1S/C21H24FN3O/c22-20-9-5-4-6-18(20)10-11-21(26)23-12-13-24-14-16-25(17-15-24)19-7-2-1-3-8-19/h1-11H,12-17H2,(H,23,26)/b11-10+. The number of amides is 1. The van der Waals surface area contributed by atoms with Crippen LogP contribution in [0.1, 0.15) is 5.56 Å². The van der Waals surface area contributed by atoms with Crippen LogP contribution in [0.3, 0.4) is 0 Å². The highest BCUT2D eigenvalue weighted by Gasteiger charge is 2.16. The predicted molar refractivity (Wildman–Crippen MR) is 104 cm³/mol. The Bertz CT molecular complexity index is 740. The van der Waals surface area contributed by atoms with E-state index in [9.17, 15) is 9.18 Å². The fourth-order valence-electron chi connectivity index (χ4n) is 3.04. The lowest BCUT2D eigenvalue weighted by Gasteiger charge is -2.36. The Morgan fingerprint density at radius 1 is 1.00 bits per heavy atom. The van der Waals surface area contributed by atoms with Gasteiger partial charge < -0.3 is 10.2 Å². The Kier molecular flexibility index (Phi) is 6.39. The molecule has 0 atom stereocenters. The number of halogens is 1. The lowest BCUT2D eigenvalue weighted by Crippen LogP contribution is -2.48. The third kappa shape index (κ3) is 5.17. The molecular weight excluding hydrogens is 329 g/mol. The molecule has 1 aliphatic rings.